The maximum absolute atomic E-state index is 12.4. The number of ether oxygens (including phenoxy) is 1. The zero-order valence-corrected chi connectivity index (χ0v) is 15.0. The second-order valence-corrected chi connectivity index (χ2v) is 7.27. The fourth-order valence-corrected chi connectivity index (χ4v) is 4.28. The summed E-state index contributed by atoms with van der Waals surface area (Å²) in [4.78, 5) is 14.8. The smallest absolute Gasteiger partial charge is 0.437 e. The van der Waals surface area contributed by atoms with E-state index in [0.717, 1.165) is 12.8 Å². The maximum Gasteiger partial charge on any atom is 0.437 e. The van der Waals surface area contributed by atoms with Crippen molar-refractivity contribution in [1.29, 1.82) is 0 Å². The van der Waals surface area contributed by atoms with Crippen molar-refractivity contribution in [1.82, 2.24) is 14.7 Å². The number of fused-ring (bicyclic) bond motifs is 2. The van der Waals surface area contributed by atoms with Crippen LogP contribution < -0.4 is 16.2 Å². The molecule has 7 nitrogen and oxygen atoms in total. The summed E-state index contributed by atoms with van der Waals surface area (Å²) < 4.78 is 12.2. The number of nitrogen functional groups attached to an aromatic ring is 1. The molecule has 1 aromatic heterocycles. The van der Waals surface area contributed by atoms with Gasteiger partial charge in [-0.25, -0.2) is 4.79 Å². The standard InChI is InChI=1S/C17H21ClN4O3/c1-21-9-3-4-10(21)6-11(5-9)22-17(23)25-16(20-22)12-7-13(18)14(19)8-15(12)24-2/h7-11H,3-6,19H2,1-2H3/t9-,10+,11?. The molecule has 1 aromatic carbocycles. The van der Waals surface area contributed by atoms with Crippen LogP contribution in [-0.2, 0) is 0 Å². The number of benzene rings is 1. The first-order chi connectivity index (χ1) is 12.0. The number of nitrogens with two attached hydrogens (primary N) is 1. The summed E-state index contributed by atoms with van der Waals surface area (Å²) in [6.45, 7) is 0. The Kier molecular flexibility index (Phi) is 4.00. The van der Waals surface area contributed by atoms with E-state index in [1.807, 2.05) is 0 Å². The third kappa shape index (κ3) is 2.71. The van der Waals surface area contributed by atoms with Crippen molar-refractivity contribution < 1.29 is 9.15 Å². The van der Waals surface area contributed by atoms with Crippen LogP contribution in [0.5, 0.6) is 5.75 Å². The number of piperidine rings is 1. The van der Waals surface area contributed by atoms with Gasteiger partial charge >= 0.3 is 5.76 Å². The Morgan fingerprint density at radius 3 is 2.60 bits per heavy atom. The highest BCUT2D eigenvalue weighted by Crippen LogP contribution is 2.40. The Morgan fingerprint density at radius 1 is 1.28 bits per heavy atom. The number of methoxy groups -OCH3 is 1. The number of aromatic nitrogens is 2. The number of hydrogen-bond donors (Lipinski definition) is 1. The molecule has 2 aromatic rings. The summed E-state index contributed by atoms with van der Waals surface area (Å²) in [5, 5.41) is 4.81. The first-order valence-electron chi connectivity index (χ1n) is 8.43. The summed E-state index contributed by atoms with van der Waals surface area (Å²) in [6.07, 6.45) is 4.19. The second kappa shape index (κ2) is 6.07. The van der Waals surface area contributed by atoms with Gasteiger partial charge in [-0.2, -0.15) is 4.68 Å². The Morgan fingerprint density at radius 2 is 1.96 bits per heavy atom. The van der Waals surface area contributed by atoms with E-state index in [1.165, 1.54) is 24.6 Å². The molecule has 0 amide bonds. The highest BCUT2D eigenvalue weighted by atomic mass is 35.5. The number of nitrogens with zero attached hydrogens (tertiary/aromatic N) is 3. The van der Waals surface area contributed by atoms with Crippen LogP contribution in [0.4, 0.5) is 5.69 Å². The van der Waals surface area contributed by atoms with E-state index in [-0.39, 0.29) is 11.9 Å². The van der Waals surface area contributed by atoms with Gasteiger partial charge in [-0.15, -0.1) is 5.10 Å². The van der Waals surface area contributed by atoms with E-state index in [4.69, 9.17) is 26.5 Å². The molecule has 8 heteroatoms. The van der Waals surface area contributed by atoms with Crippen molar-refractivity contribution in [3.8, 4) is 17.2 Å². The second-order valence-electron chi connectivity index (χ2n) is 6.87. The number of hydrogen-bond acceptors (Lipinski definition) is 6. The van der Waals surface area contributed by atoms with Crippen LogP contribution in [0.15, 0.2) is 21.3 Å². The monoisotopic (exact) mass is 364 g/mol. The summed E-state index contributed by atoms with van der Waals surface area (Å²) in [5.74, 6) is 0.229. The molecule has 2 saturated heterocycles. The number of anilines is 1. The number of halogens is 1. The highest BCUT2D eigenvalue weighted by molar-refractivity contribution is 6.33. The van der Waals surface area contributed by atoms with E-state index in [9.17, 15) is 4.79 Å². The fraction of sp³-hybridized carbons (Fsp3) is 0.529. The van der Waals surface area contributed by atoms with Crippen LogP contribution in [-0.4, -0.2) is 40.9 Å². The van der Waals surface area contributed by atoms with E-state index in [2.05, 4.69) is 17.0 Å². The van der Waals surface area contributed by atoms with Gasteiger partial charge in [-0.1, -0.05) is 11.6 Å². The molecule has 134 valence electrons. The van der Waals surface area contributed by atoms with Crippen molar-refractivity contribution in [3.05, 3.63) is 27.7 Å². The zero-order chi connectivity index (χ0) is 17.7. The Labute approximate surface area is 150 Å². The van der Waals surface area contributed by atoms with Gasteiger partial charge in [0.2, 0.25) is 0 Å². The Balaban J connectivity index is 1.70. The molecule has 2 N–H and O–H groups in total. The zero-order valence-electron chi connectivity index (χ0n) is 14.2. The number of rotatable bonds is 3. The van der Waals surface area contributed by atoms with E-state index in [0.29, 0.717) is 34.1 Å². The lowest BCUT2D eigenvalue weighted by molar-refractivity contribution is 0.128. The average Bonchev–Trinajstić information content (AvgIpc) is 3.04. The largest absolute Gasteiger partial charge is 0.496 e. The molecule has 0 radical (unpaired) electrons. The minimum absolute atomic E-state index is 0.0638. The lowest BCUT2D eigenvalue weighted by Crippen LogP contribution is -2.42. The lowest BCUT2D eigenvalue weighted by atomic mass is 9.98. The van der Waals surface area contributed by atoms with Crippen molar-refractivity contribution in [2.24, 2.45) is 0 Å². The van der Waals surface area contributed by atoms with Crippen molar-refractivity contribution in [2.45, 2.75) is 43.8 Å². The van der Waals surface area contributed by atoms with Gasteiger partial charge in [0.1, 0.15) is 5.75 Å². The van der Waals surface area contributed by atoms with Gasteiger partial charge in [-0.05, 0) is 38.8 Å². The summed E-state index contributed by atoms with van der Waals surface area (Å²) in [7, 11) is 3.69. The third-order valence-electron chi connectivity index (χ3n) is 5.54. The molecule has 2 fully saturated rings. The summed E-state index contributed by atoms with van der Waals surface area (Å²) >= 11 is 6.11. The fourth-order valence-electron chi connectivity index (χ4n) is 4.12. The maximum atomic E-state index is 12.4. The summed E-state index contributed by atoms with van der Waals surface area (Å²) in [5.41, 5.74) is 6.73. The van der Waals surface area contributed by atoms with E-state index >= 15 is 0 Å². The molecule has 4 rings (SSSR count). The van der Waals surface area contributed by atoms with Crippen LogP contribution in [0.3, 0.4) is 0 Å². The van der Waals surface area contributed by atoms with Crippen molar-refractivity contribution in [2.75, 3.05) is 19.9 Å². The van der Waals surface area contributed by atoms with Crippen molar-refractivity contribution in [3.63, 3.8) is 0 Å². The predicted octanol–water partition coefficient (Wildman–Crippen LogP) is 2.55. The minimum Gasteiger partial charge on any atom is -0.496 e. The molecule has 2 aliphatic rings. The molecule has 2 bridgehead atoms. The van der Waals surface area contributed by atoms with Crippen LogP contribution >= 0.6 is 11.6 Å². The molecule has 0 saturated carbocycles. The Hall–Kier alpha value is -1.99. The summed E-state index contributed by atoms with van der Waals surface area (Å²) in [6, 6.07) is 4.30. The van der Waals surface area contributed by atoms with Gasteiger partial charge in [0.05, 0.1) is 29.4 Å². The first kappa shape index (κ1) is 16.5. The van der Waals surface area contributed by atoms with Gasteiger partial charge in [-0.3, -0.25) is 0 Å². The molecular formula is C17H21ClN4O3. The van der Waals surface area contributed by atoms with Crippen LogP contribution in [0, 0.1) is 0 Å². The lowest BCUT2D eigenvalue weighted by Gasteiger charge is -2.35. The normalized spacial score (nSPS) is 26.1. The van der Waals surface area contributed by atoms with Gasteiger partial charge in [0.15, 0.2) is 0 Å². The van der Waals surface area contributed by atoms with E-state index < -0.39 is 5.76 Å². The topological polar surface area (TPSA) is 86.5 Å². The van der Waals surface area contributed by atoms with Crippen molar-refractivity contribution >= 4 is 17.3 Å². The van der Waals surface area contributed by atoms with E-state index in [1.54, 1.807) is 12.1 Å². The molecule has 1 unspecified atom stereocenters. The van der Waals surface area contributed by atoms with Gasteiger partial charge in [0.25, 0.3) is 5.89 Å². The van der Waals surface area contributed by atoms with Gasteiger partial charge in [0, 0.05) is 18.2 Å². The molecule has 3 heterocycles. The molecule has 3 atom stereocenters. The average molecular weight is 365 g/mol. The SMILES string of the molecule is COc1cc(N)c(Cl)cc1-c1nn(C2C[C@H]3CC[C@@H](C2)N3C)c(=O)o1. The van der Waals surface area contributed by atoms with Crippen LogP contribution in [0.25, 0.3) is 11.5 Å². The molecule has 2 aliphatic heterocycles. The van der Waals surface area contributed by atoms with Gasteiger partial charge < -0.3 is 19.8 Å². The minimum atomic E-state index is -0.445. The molecule has 25 heavy (non-hydrogen) atoms. The molecule has 0 spiro atoms. The van der Waals surface area contributed by atoms with Crippen LogP contribution in [0.1, 0.15) is 31.7 Å². The highest BCUT2D eigenvalue weighted by Gasteiger charge is 2.40. The third-order valence-corrected chi connectivity index (χ3v) is 5.87. The quantitative estimate of drug-likeness (QED) is 0.842. The van der Waals surface area contributed by atoms with Crippen LogP contribution in [0.2, 0.25) is 5.02 Å². The first-order valence-corrected chi connectivity index (χ1v) is 8.80. The Bertz CT molecular complexity index is 848. The molecular weight excluding hydrogens is 344 g/mol. The predicted molar refractivity (Wildman–Crippen MR) is 95.0 cm³/mol. The molecule has 0 aliphatic carbocycles.